The van der Waals surface area contributed by atoms with Gasteiger partial charge in [0.15, 0.2) is 0 Å². The molecule has 0 atom stereocenters. The van der Waals surface area contributed by atoms with Gasteiger partial charge in [-0.25, -0.2) is 0 Å². The van der Waals surface area contributed by atoms with Gasteiger partial charge in [0.2, 0.25) is 0 Å². The highest BCUT2D eigenvalue weighted by molar-refractivity contribution is 4.91. The summed E-state index contributed by atoms with van der Waals surface area (Å²) in [5.74, 6) is 2.11. The molecule has 2 rings (SSSR count). The molecular weight excluding hydrogens is 204 g/mol. The molecule has 0 aromatic carbocycles. The molecule has 0 aromatic rings. The van der Waals surface area contributed by atoms with Gasteiger partial charge in [0, 0.05) is 0 Å². The summed E-state index contributed by atoms with van der Waals surface area (Å²) in [7, 11) is 0. The van der Waals surface area contributed by atoms with E-state index < -0.39 is 0 Å². The van der Waals surface area contributed by atoms with Crippen molar-refractivity contribution in [3.63, 3.8) is 0 Å². The Morgan fingerprint density at radius 3 is 1.53 bits per heavy atom. The van der Waals surface area contributed by atoms with Crippen LogP contribution in [0.2, 0.25) is 0 Å². The minimum Gasteiger partial charge on any atom is -0.0654 e. The van der Waals surface area contributed by atoms with E-state index in [1.165, 1.54) is 77.0 Å². The van der Waals surface area contributed by atoms with Crippen LogP contribution < -0.4 is 0 Å². The van der Waals surface area contributed by atoms with E-state index in [4.69, 9.17) is 0 Å². The Morgan fingerprint density at radius 2 is 1.18 bits per heavy atom. The molecule has 0 heteroatoms. The smallest absolute Gasteiger partial charge is 0.0269 e. The van der Waals surface area contributed by atoms with Gasteiger partial charge in [-0.1, -0.05) is 58.8 Å². The first-order valence-corrected chi connectivity index (χ1v) is 8.27. The summed E-state index contributed by atoms with van der Waals surface area (Å²) in [6, 6.07) is 0. The molecule has 0 aromatic heterocycles. The molecule has 0 unspecified atom stereocenters. The largest absolute Gasteiger partial charge is 0.0654 e. The molecule has 0 radical (unpaired) electrons. The van der Waals surface area contributed by atoms with Crippen molar-refractivity contribution in [3.05, 3.63) is 0 Å². The highest BCUT2D eigenvalue weighted by atomic mass is 14.5. The Bertz CT molecular complexity index is 188. The zero-order valence-corrected chi connectivity index (χ0v) is 12.1. The Hall–Kier alpha value is 0. The van der Waals surface area contributed by atoms with E-state index in [0.717, 1.165) is 11.8 Å². The van der Waals surface area contributed by atoms with E-state index in [2.05, 4.69) is 13.8 Å². The lowest BCUT2D eigenvalue weighted by molar-refractivity contribution is 0.0308. The average Bonchev–Trinajstić information content (AvgIpc) is 2.41. The quantitative estimate of drug-likeness (QED) is 0.565. The molecule has 0 N–H and O–H groups in total. The van der Waals surface area contributed by atoms with Crippen molar-refractivity contribution in [2.45, 2.75) is 90.9 Å². The van der Waals surface area contributed by atoms with E-state index in [1.807, 2.05) is 0 Å². The Balaban J connectivity index is 2.05. The molecule has 0 saturated heterocycles. The molecule has 2 fully saturated rings. The average molecular weight is 236 g/mol. The molecule has 17 heavy (non-hydrogen) atoms. The summed E-state index contributed by atoms with van der Waals surface area (Å²) in [5.41, 5.74) is 0.690. The maximum Gasteiger partial charge on any atom is -0.0269 e. The van der Waals surface area contributed by atoms with Crippen molar-refractivity contribution in [3.8, 4) is 0 Å². The fourth-order valence-electron chi connectivity index (χ4n) is 4.80. The lowest BCUT2D eigenvalue weighted by Crippen LogP contribution is -2.37. The van der Waals surface area contributed by atoms with E-state index in [1.54, 1.807) is 0 Å². The van der Waals surface area contributed by atoms with Crippen LogP contribution in [0, 0.1) is 17.3 Å². The first kappa shape index (κ1) is 13.4. The Kier molecular flexibility index (Phi) is 4.94. The second kappa shape index (κ2) is 6.25. The zero-order chi connectivity index (χ0) is 12.1. The zero-order valence-electron chi connectivity index (χ0n) is 12.1. The van der Waals surface area contributed by atoms with Gasteiger partial charge in [-0.05, 0) is 49.4 Å². The van der Waals surface area contributed by atoms with Crippen LogP contribution in [-0.4, -0.2) is 0 Å². The molecule has 2 aliphatic rings. The SMILES string of the molecule is CCCC(C)(C1CCCCC1)C1CCCCC1. The fourth-order valence-corrected chi connectivity index (χ4v) is 4.80. The molecule has 0 aliphatic heterocycles. The normalized spacial score (nSPS) is 25.1. The van der Waals surface area contributed by atoms with Gasteiger partial charge in [0.25, 0.3) is 0 Å². The van der Waals surface area contributed by atoms with Crippen LogP contribution in [0.1, 0.15) is 90.9 Å². The predicted octanol–water partition coefficient (Wildman–Crippen LogP) is 5.95. The molecular formula is C17H32. The third kappa shape index (κ3) is 3.06. The van der Waals surface area contributed by atoms with Crippen LogP contribution in [-0.2, 0) is 0 Å². The van der Waals surface area contributed by atoms with Gasteiger partial charge >= 0.3 is 0 Å². The van der Waals surface area contributed by atoms with E-state index in [-0.39, 0.29) is 0 Å². The van der Waals surface area contributed by atoms with Gasteiger partial charge in [0.05, 0.1) is 0 Å². The highest BCUT2D eigenvalue weighted by Gasteiger charge is 2.40. The minimum atomic E-state index is 0.690. The van der Waals surface area contributed by atoms with Crippen molar-refractivity contribution in [2.24, 2.45) is 17.3 Å². The molecule has 2 aliphatic carbocycles. The molecule has 100 valence electrons. The second-order valence-electron chi connectivity index (χ2n) is 6.93. The standard InChI is InChI=1S/C17H32/c1-3-14-17(2,15-10-6-4-7-11-15)16-12-8-5-9-13-16/h15-16H,3-14H2,1-2H3. The second-order valence-corrected chi connectivity index (χ2v) is 6.93. The minimum absolute atomic E-state index is 0.690. The highest BCUT2D eigenvalue weighted by Crippen LogP contribution is 2.51. The van der Waals surface area contributed by atoms with Crippen molar-refractivity contribution in [2.75, 3.05) is 0 Å². The maximum atomic E-state index is 2.66. The predicted molar refractivity (Wildman–Crippen MR) is 76.2 cm³/mol. The van der Waals surface area contributed by atoms with Crippen LogP contribution in [0.25, 0.3) is 0 Å². The molecule has 0 heterocycles. The summed E-state index contributed by atoms with van der Waals surface area (Å²) in [5, 5.41) is 0. The number of rotatable bonds is 4. The van der Waals surface area contributed by atoms with Gasteiger partial charge < -0.3 is 0 Å². The first-order chi connectivity index (χ1) is 8.27. The van der Waals surface area contributed by atoms with Crippen LogP contribution >= 0.6 is 0 Å². The monoisotopic (exact) mass is 236 g/mol. The van der Waals surface area contributed by atoms with Crippen LogP contribution in [0.15, 0.2) is 0 Å². The number of hydrogen-bond donors (Lipinski definition) is 0. The molecule has 0 nitrogen and oxygen atoms in total. The van der Waals surface area contributed by atoms with E-state index in [9.17, 15) is 0 Å². The van der Waals surface area contributed by atoms with Crippen LogP contribution in [0.3, 0.4) is 0 Å². The Labute approximate surface area is 109 Å². The van der Waals surface area contributed by atoms with E-state index >= 15 is 0 Å². The summed E-state index contributed by atoms with van der Waals surface area (Å²) in [4.78, 5) is 0. The third-order valence-electron chi connectivity index (χ3n) is 5.86. The summed E-state index contributed by atoms with van der Waals surface area (Å²) in [6.45, 7) is 5.05. The van der Waals surface area contributed by atoms with Crippen LogP contribution in [0.5, 0.6) is 0 Å². The lowest BCUT2D eigenvalue weighted by Gasteiger charge is -2.47. The fraction of sp³-hybridized carbons (Fsp3) is 1.00. The van der Waals surface area contributed by atoms with Crippen molar-refractivity contribution in [1.29, 1.82) is 0 Å². The summed E-state index contributed by atoms with van der Waals surface area (Å²) in [6.07, 6.45) is 18.1. The van der Waals surface area contributed by atoms with Gasteiger partial charge in [-0.3, -0.25) is 0 Å². The number of hydrogen-bond acceptors (Lipinski definition) is 0. The van der Waals surface area contributed by atoms with Crippen molar-refractivity contribution < 1.29 is 0 Å². The first-order valence-electron chi connectivity index (χ1n) is 8.27. The topological polar surface area (TPSA) is 0 Å². The van der Waals surface area contributed by atoms with Gasteiger partial charge in [-0.15, -0.1) is 0 Å². The molecule has 2 saturated carbocycles. The van der Waals surface area contributed by atoms with Crippen molar-refractivity contribution >= 4 is 0 Å². The van der Waals surface area contributed by atoms with Crippen molar-refractivity contribution in [1.82, 2.24) is 0 Å². The molecule has 0 amide bonds. The molecule has 0 spiro atoms. The third-order valence-corrected chi connectivity index (χ3v) is 5.86. The maximum absolute atomic E-state index is 2.66. The van der Waals surface area contributed by atoms with Crippen LogP contribution in [0.4, 0.5) is 0 Å². The molecule has 0 bridgehead atoms. The van der Waals surface area contributed by atoms with E-state index in [0.29, 0.717) is 5.41 Å². The lowest BCUT2D eigenvalue weighted by atomic mass is 9.58. The Morgan fingerprint density at radius 1 is 0.765 bits per heavy atom. The summed E-state index contributed by atoms with van der Waals surface area (Å²) < 4.78 is 0. The van der Waals surface area contributed by atoms with Gasteiger partial charge in [-0.2, -0.15) is 0 Å². The van der Waals surface area contributed by atoms with Gasteiger partial charge in [0.1, 0.15) is 0 Å². The summed E-state index contributed by atoms with van der Waals surface area (Å²) >= 11 is 0.